The van der Waals surface area contributed by atoms with E-state index in [0.29, 0.717) is 16.7 Å². The molecule has 3 aliphatic carbocycles. The van der Waals surface area contributed by atoms with E-state index in [1.165, 1.54) is 57.8 Å². The summed E-state index contributed by atoms with van der Waals surface area (Å²) in [6, 6.07) is 0. The first-order valence-corrected chi connectivity index (χ1v) is 13.8. The number of allylic oxidation sites excluding steroid dienone is 3. The fraction of sp³-hybridized carbons (Fsp3) is 0.800. The number of rotatable bonds is 6. The molecule has 0 bridgehead atoms. The standard InChI is InChI=1S/C23H37N.C4H11N.C2H6.CH2O2/c1-6-8-17-9-10-18-20-12-11-19(16(3)24)23(20,5)15-13-21(18)22(17,4)14-7-2;1-3-4-5-2;1-2;2-1-3/h6,8,18-21,24H,1,7,9-15H2,2-5H3;5H,3-4H2,1-2H3;1-2H3;1H,(H,2,3)/b17-8-,24-16?;;;. The highest BCUT2D eigenvalue weighted by molar-refractivity contribution is 5.82. The summed E-state index contributed by atoms with van der Waals surface area (Å²) in [5.74, 6) is 3.13. The third kappa shape index (κ3) is 7.54. The Morgan fingerprint density at radius 1 is 1.15 bits per heavy atom. The second kappa shape index (κ2) is 16.3. The van der Waals surface area contributed by atoms with Gasteiger partial charge >= 0.3 is 0 Å². The van der Waals surface area contributed by atoms with Crippen LogP contribution in [0.4, 0.5) is 0 Å². The van der Waals surface area contributed by atoms with Gasteiger partial charge in [-0.3, -0.25) is 4.79 Å². The minimum absolute atomic E-state index is 0.250. The number of carbonyl (C=O) groups is 1. The third-order valence-electron chi connectivity index (χ3n) is 8.85. The van der Waals surface area contributed by atoms with Gasteiger partial charge in [0.25, 0.3) is 6.47 Å². The number of carboxylic acid groups (broad SMARTS) is 1. The van der Waals surface area contributed by atoms with Crippen LogP contribution >= 0.6 is 0 Å². The van der Waals surface area contributed by atoms with Crippen molar-refractivity contribution in [1.29, 1.82) is 5.41 Å². The van der Waals surface area contributed by atoms with Crippen LogP contribution in [0.5, 0.6) is 0 Å². The molecule has 4 nitrogen and oxygen atoms in total. The van der Waals surface area contributed by atoms with E-state index in [1.54, 1.807) is 5.57 Å². The lowest BCUT2D eigenvalue weighted by atomic mass is 9.47. The van der Waals surface area contributed by atoms with Crippen LogP contribution in [0.1, 0.15) is 106 Å². The first kappa shape index (κ1) is 32.6. The van der Waals surface area contributed by atoms with E-state index in [0.717, 1.165) is 30.0 Å². The third-order valence-corrected chi connectivity index (χ3v) is 8.85. The molecule has 0 aromatic rings. The van der Waals surface area contributed by atoms with Crippen molar-refractivity contribution in [2.24, 2.45) is 34.5 Å². The van der Waals surface area contributed by atoms with Gasteiger partial charge in [0.05, 0.1) is 0 Å². The van der Waals surface area contributed by atoms with Gasteiger partial charge in [-0.05, 0) is 100 Å². The molecule has 3 rings (SSSR count). The van der Waals surface area contributed by atoms with Gasteiger partial charge in [0.2, 0.25) is 0 Å². The first-order valence-electron chi connectivity index (χ1n) is 13.8. The summed E-state index contributed by atoms with van der Waals surface area (Å²) in [7, 11) is 1.96. The molecule has 198 valence electrons. The van der Waals surface area contributed by atoms with Crippen molar-refractivity contribution in [2.75, 3.05) is 13.6 Å². The monoisotopic (exact) mass is 476 g/mol. The molecule has 34 heavy (non-hydrogen) atoms. The van der Waals surface area contributed by atoms with Crippen LogP contribution in [0.2, 0.25) is 0 Å². The van der Waals surface area contributed by atoms with E-state index < -0.39 is 0 Å². The maximum Gasteiger partial charge on any atom is 0.290 e. The number of hydrogen-bond acceptors (Lipinski definition) is 3. The molecule has 3 fully saturated rings. The summed E-state index contributed by atoms with van der Waals surface area (Å²) < 4.78 is 0. The van der Waals surface area contributed by atoms with Crippen LogP contribution in [0.25, 0.3) is 0 Å². The minimum Gasteiger partial charge on any atom is -0.483 e. The zero-order chi connectivity index (χ0) is 26.4. The minimum atomic E-state index is -0.250. The fourth-order valence-electron chi connectivity index (χ4n) is 7.57. The Morgan fingerprint density at radius 2 is 1.76 bits per heavy atom. The van der Waals surface area contributed by atoms with Gasteiger partial charge in [-0.2, -0.15) is 0 Å². The van der Waals surface area contributed by atoms with Crippen LogP contribution in [-0.2, 0) is 4.79 Å². The molecule has 6 atom stereocenters. The van der Waals surface area contributed by atoms with Gasteiger partial charge < -0.3 is 15.8 Å². The Hall–Kier alpha value is -1.42. The van der Waals surface area contributed by atoms with Gasteiger partial charge in [0.15, 0.2) is 0 Å². The maximum atomic E-state index is 8.36. The van der Waals surface area contributed by atoms with Gasteiger partial charge in [-0.25, -0.2) is 0 Å². The van der Waals surface area contributed by atoms with Crippen molar-refractivity contribution in [3.8, 4) is 0 Å². The van der Waals surface area contributed by atoms with Crippen molar-refractivity contribution < 1.29 is 9.90 Å². The van der Waals surface area contributed by atoms with Gasteiger partial charge in [0, 0.05) is 11.6 Å². The molecule has 3 N–H and O–H groups in total. The molecule has 0 saturated heterocycles. The van der Waals surface area contributed by atoms with Crippen molar-refractivity contribution in [3.05, 3.63) is 24.3 Å². The predicted octanol–water partition coefficient (Wildman–Crippen LogP) is 8.14. The molecule has 4 heteroatoms. The van der Waals surface area contributed by atoms with Crippen LogP contribution in [0.15, 0.2) is 24.3 Å². The predicted molar refractivity (Wildman–Crippen MR) is 149 cm³/mol. The topological polar surface area (TPSA) is 73.2 Å². The van der Waals surface area contributed by atoms with E-state index >= 15 is 0 Å². The van der Waals surface area contributed by atoms with E-state index in [4.69, 9.17) is 15.3 Å². The zero-order valence-corrected chi connectivity index (χ0v) is 23.7. The van der Waals surface area contributed by atoms with Crippen LogP contribution in [0.3, 0.4) is 0 Å². The second-order valence-corrected chi connectivity index (χ2v) is 10.6. The summed E-state index contributed by atoms with van der Waals surface area (Å²) in [5.41, 5.74) is 3.39. The largest absolute Gasteiger partial charge is 0.483 e. The molecular formula is C30H56N2O2. The fourth-order valence-corrected chi connectivity index (χ4v) is 7.57. The highest BCUT2D eigenvalue weighted by Gasteiger charge is 2.58. The summed E-state index contributed by atoms with van der Waals surface area (Å²) in [4.78, 5) is 8.36. The molecule has 0 radical (unpaired) electrons. The van der Waals surface area contributed by atoms with E-state index in [-0.39, 0.29) is 6.47 Å². The SMILES string of the molecule is C=C/C=C1/CCC2C(CCC3(C)C(C(C)=N)CCC23)C1(C)CCC.CC.CCCNC.O=CO. The lowest BCUT2D eigenvalue weighted by Gasteiger charge is -2.57. The van der Waals surface area contributed by atoms with Crippen LogP contribution in [-0.4, -0.2) is 30.9 Å². The molecule has 0 amide bonds. The molecule has 0 aromatic heterocycles. The van der Waals surface area contributed by atoms with Crippen molar-refractivity contribution >= 4 is 12.2 Å². The molecule has 3 saturated carbocycles. The summed E-state index contributed by atoms with van der Waals surface area (Å²) in [6.45, 7) is 20.5. The van der Waals surface area contributed by atoms with E-state index in [1.807, 2.05) is 27.0 Å². The molecule has 0 aliphatic heterocycles. The van der Waals surface area contributed by atoms with E-state index in [9.17, 15) is 0 Å². The van der Waals surface area contributed by atoms with E-state index in [2.05, 4.69) is 52.6 Å². The average molecular weight is 477 g/mol. The highest BCUT2D eigenvalue weighted by Crippen LogP contribution is 2.66. The molecule has 6 unspecified atom stereocenters. The summed E-state index contributed by atoms with van der Waals surface area (Å²) in [5, 5.41) is 18.2. The first-order chi connectivity index (χ1) is 16.2. The Bertz CT molecular complexity index is 642. The van der Waals surface area contributed by atoms with Crippen LogP contribution < -0.4 is 5.32 Å². The highest BCUT2D eigenvalue weighted by atomic mass is 16.3. The Morgan fingerprint density at radius 3 is 2.21 bits per heavy atom. The molecule has 0 spiro atoms. The lowest BCUT2D eigenvalue weighted by Crippen LogP contribution is -2.50. The Kier molecular flexibility index (Phi) is 15.6. The summed E-state index contributed by atoms with van der Waals surface area (Å²) >= 11 is 0. The lowest BCUT2D eigenvalue weighted by molar-refractivity contribution is -0.122. The maximum absolute atomic E-state index is 8.36. The van der Waals surface area contributed by atoms with Crippen LogP contribution in [0, 0.1) is 39.9 Å². The second-order valence-electron chi connectivity index (χ2n) is 10.6. The summed E-state index contributed by atoms with van der Waals surface area (Å²) in [6.07, 6.45) is 16.1. The average Bonchev–Trinajstić information content (AvgIpc) is 3.16. The van der Waals surface area contributed by atoms with Crippen molar-refractivity contribution in [2.45, 2.75) is 106 Å². The molecule has 0 aromatic carbocycles. The van der Waals surface area contributed by atoms with Crippen molar-refractivity contribution in [1.82, 2.24) is 5.32 Å². The van der Waals surface area contributed by atoms with Gasteiger partial charge in [-0.1, -0.05) is 72.3 Å². The quantitative estimate of drug-likeness (QED) is 0.267. The number of nitrogens with one attached hydrogen (secondary N) is 2. The number of hydrogen-bond donors (Lipinski definition) is 3. The normalized spacial score (nSPS) is 34.5. The molecule has 0 heterocycles. The Balaban J connectivity index is 0.000000935. The number of fused-ring (bicyclic) bond motifs is 3. The smallest absolute Gasteiger partial charge is 0.290 e. The van der Waals surface area contributed by atoms with Crippen molar-refractivity contribution in [3.63, 3.8) is 0 Å². The molecule has 3 aliphatic rings. The zero-order valence-electron chi connectivity index (χ0n) is 23.7. The Labute approximate surface area is 211 Å². The van der Waals surface area contributed by atoms with Gasteiger partial charge in [-0.15, -0.1) is 0 Å². The van der Waals surface area contributed by atoms with Gasteiger partial charge in [0.1, 0.15) is 0 Å². The molecular weight excluding hydrogens is 420 g/mol.